The number of hydrogen-bond acceptors (Lipinski definition) is 4. The predicted molar refractivity (Wildman–Crippen MR) is 81.7 cm³/mol. The fourth-order valence-electron chi connectivity index (χ4n) is 3.44. The summed E-state index contributed by atoms with van der Waals surface area (Å²) in [6.07, 6.45) is 7.45. The van der Waals surface area contributed by atoms with Crippen molar-refractivity contribution in [1.82, 2.24) is 14.9 Å². The van der Waals surface area contributed by atoms with Gasteiger partial charge in [-0.15, -0.1) is 0 Å². The van der Waals surface area contributed by atoms with E-state index in [9.17, 15) is 0 Å². The van der Waals surface area contributed by atoms with E-state index in [0.29, 0.717) is 11.3 Å². The van der Waals surface area contributed by atoms with Crippen LogP contribution in [0.25, 0.3) is 0 Å². The molecule has 2 aliphatic rings. The van der Waals surface area contributed by atoms with Gasteiger partial charge in [0.05, 0.1) is 4.47 Å². The normalized spacial score (nSPS) is 24.1. The molecule has 0 saturated carbocycles. The molecular formula is C15H22BrN3O. The summed E-state index contributed by atoms with van der Waals surface area (Å²) in [4.78, 5) is 11.4. The van der Waals surface area contributed by atoms with Crippen molar-refractivity contribution in [2.24, 2.45) is 5.41 Å². The highest BCUT2D eigenvalue weighted by Gasteiger charge is 2.39. The zero-order valence-corrected chi connectivity index (χ0v) is 13.6. The van der Waals surface area contributed by atoms with Crippen molar-refractivity contribution in [3.05, 3.63) is 22.7 Å². The molecule has 110 valence electrons. The van der Waals surface area contributed by atoms with Gasteiger partial charge in [-0.1, -0.05) is 6.92 Å². The lowest BCUT2D eigenvalue weighted by Gasteiger charge is -2.33. The first-order valence-electron chi connectivity index (χ1n) is 7.44. The Labute approximate surface area is 129 Å². The van der Waals surface area contributed by atoms with Crippen LogP contribution in [-0.2, 0) is 4.74 Å². The molecule has 0 radical (unpaired) electrons. The van der Waals surface area contributed by atoms with E-state index in [2.05, 4.69) is 37.7 Å². The average Bonchev–Trinajstić information content (AvgIpc) is 2.83. The lowest BCUT2D eigenvalue weighted by atomic mass is 9.80. The van der Waals surface area contributed by atoms with Crippen LogP contribution >= 0.6 is 15.9 Å². The van der Waals surface area contributed by atoms with Gasteiger partial charge in [-0.25, -0.2) is 9.97 Å². The number of likely N-dealkylation sites (tertiary alicyclic amines) is 1. The first kappa shape index (κ1) is 14.4. The minimum absolute atomic E-state index is 0.387. The summed E-state index contributed by atoms with van der Waals surface area (Å²) in [7, 11) is 0. The van der Waals surface area contributed by atoms with Gasteiger partial charge in [0.1, 0.15) is 5.82 Å². The van der Waals surface area contributed by atoms with Gasteiger partial charge in [-0.3, -0.25) is 0 Å². The summed E-state index contributed by atoms with van der Waals surface area (Å²) in [6, 6.07) is 0. The van der Waals surface area contributed by atoms with E-state index in [4.69, 9.17) is 4.74 Å². The molecule has 4 nitrogen and oxygen atoms in total. The summed E-state index contributed by atoms with van der Waals surface area (Å²) in [6.45, 7) is 7.60. The predicted octanol–water partition coefficient (Wildman–Crippen LogP) is 2.85. The van der Waals surface area contributed by atoms with Crippen molar-refractivity contribution in [1.29, 1.82) is 0 Å². The van der Waals surface area contributed by atoms with Gasteiger partial charge in [0.25, 0.3) is 0 Å². The molecule has 3 heterocycles. The molecule has 2 saturated heterocycles. The Hall–Kier alpha value is -0.520. The number of nitrogens with zero attached hydrogens (tertiary/aromatic N) is 3. The highest BCUT2D eigenvalue weighted by Crippen LogP contribution is 2.40. The van der Waals surface area contributed by atoms with Crippen LogP contribution in [0.15, 0.2) is 16.9 Å². The quantitative estimate of drug-likeness (QED) is 0.848. The van der Waals surface area contributed by atoms with Crippen LogP contribution in [0, 0.1) is 5.41 Å². The molecule has 5 heteroatoms. The molecule has 3 rings (SSSR count). The molecule has 2 aliphatic heterocycles. The van der Waals surface area contributed by atoms with Gasteiger partial charge >= 0.3 is 0 Å². The first-order valence-corrected chi connectivity index (χ1v) is 8.24. The maximum absolute atomic E-state index is 5.51. The molecule has 1 spiro atoms. The Bertz CT molecular complexity index is 445. The summed E-state index contributed by atoms with van der Waals surface area (Å²) >= 11 is 3.38. The van der Waals surface area contributed by atoms with Crippen LogP contribution in [0.4, 0.5) is 0 Å². The number of halogens is 1. The minimum Gasteiger partial charge on any atom is -0.381 e. The summed E-state index contributed by atoms with van der Waals surface area (Å²) < 4.78 is 6.45. The smallest absolute Gasteiger partial charge is 0.132 e. The molecule has 20 heavy (non-hydrogen) atoms. The second-order valence-electron chi connectivity index (χ2n) is 6.26. The summed E-state index contributed by atoms with van der Waals surface area (Å²) in [5, 5.41) is 0. The highest BCUT2D eigenvalue weighted by atomic mass is 79.9. The average molecular weight is 340 g/mol. The molecule has 1 atom stereocenters. The molecule has 1 unspecified atom stereocenters. The Morgan fingerprint density at radius 1 is 1.30 bits per heavy atom. The van der Waals surface area contributed by atoms with Crippen LogP contribution in [0.2, 0.25) is 0 Å². The van der Waals surface area contributed by atoms with Gasteiger partial charge < -0.3 is 9.64 Å². The van der Waals surface area contributed by atoms with E-state index >= 15 is 0 Å². The minimum atomic E-state index is 0.387. The van der Waals surface area contributed by atoms with Crippen LogP contribution in [-0.4, -0.2) is 47.7 Å². The third kappa shape index (κ3) is 3.21. The van der Waals surface area contributed by atoms with Gasteiger partial charge in [0.2, 0.25) is 0 Å². The van der Waals surface area contributed by atoms with Crippen molar-refractivity contribution in [2.45, 2.75) is 32.1 Å². The summed E-state index contributed by atoms with van der Waals surface area (Å²) in [5.74, 6) is 1.33. The fourth-order valence-corrected chi connectivity index (χ4v) is 3.65. The maximum Gasteiger partial charge on any atom is 0.132 e. The van der Waals surface area contributed by atoms with Gasteiger partial charge in [-0.2, -0.15) is 0 Å². The molecule has 0 aromatic carbocycles. The second-order valence-corrected chi connectivity index (χ2v) is 7.17. The standard InChI is InChI=1S/C15H22BrN3O/c1-12(14-17-8-13(16)9-18-14)10-19-5-2-15(11-19)3-6-20-7-4-15/h8-9,12H,2-7,10-11H2,1H3. The topological polar surface area (TPSA) is 38.2 Å². The van der Waals surface area contributed by atoms with E-state index in [1.807, 2.05) is 12.4 Å². The van der Waals surface area contributed by atoms with Crippen molar-refractivity contribution in [3.8, 4) is 0 Å². The van der Waals surface area contributed by atoms with E-state index in [1.165, 1.54) is 32.4 Å². The zero-order valence-electron chi connectivity index (χ0n) is 12.0. The maximum atomic E-state index is 5.51. The van der Waals surface area contributed by atoms with Crippen molar-refractivity contribution in [3.63, 3.8) is 0 Å². The van der Waals surface area contributed by atoms with E-state index < -0.39 is 0 Å². The Morgan fingerprint density at radius 2 is 2.00 bits per heavy atom. The largest absolute Gasteiger partial charge is 0.381 e. The van der Waals surface area contributed by atoms with Crippen molar-refractivity contribution < 1.29 is 4.74 Å². The zero-order chi connectivity index (χ0) is 14.0. The molecule has 0 N–H and O–H groups in total. The molecule has 1 aromatic heterocycles. The van der Waals surface area contributed by atoms with Gasteiger partial charge in [0, 0.05) is 44.6 Å². The molecule has 1 aromatic rings. The van der Waals surface area contributed by atoms with Crippen LogP contribution in [0.5, 0.6) is 0 Å². The number of hydrogen-bond donors (Lipinski definition) is 0. The van der Waals surface area contributed by atoms with Crippen molar-refractivity contribution in [2.75, 3.05) is 32.8 Å². The van der Waals surface area contributed by atoms with E-state index in [0.717, 1.165) is 30.1 Å². The highest BCUT2D eigenvalue weighted by molar-refractivity contribution is 9.10. The molecular weight excluding hydrogens is 318 g/mol. The van der Waals surface area contributed by atoms with E-state index in [-0.39, 0.29) is 0 Å². The molecule has 0 bridgehead atoms. The molecule has 0 amide bonds. The molecule has 2 fully saturated rings. The second kappa shape index (κ2) is 6.08. The SMILES string of the molecule is CC(CN1CCC2(CCOCC2)C1)c1ncc(Br)cn1. The summed E-state index contributed by atoms with van der Waals surface area (Å²) in [5.41, 5.74) is 0.526. The third-order valence-electron chi connectivity index (χ3n) is 4.68. The monoisotopic (exact) mass is 339 g/mol. The molecule has 0 aliphatic carbocycles. The van der Waals surface area contributed by atoms with Gasteiger partial charge in [-0.05, 0) is 47.2 Å². The lowest BCUT2D eigenvalue weighted by Crippen LogP contribution is -2.34. The van der Waals surface area contributed by atoms with Crippen LogP contribution in [0.3, 0.4) is 0 Å². The first-order chi connectivity index (χ1) is 9.67. The Balaban J connectivity index is 1.57. The fraction of sp³-hybridized carbons (Fsp3) is 0.733. The van der Waals surface area contributed by atoms with Crippen LogP contribution in [0.1, 0.15) is 37.9 Å². The number of ether oxygens (including phenoxy) is 1. The lowest BCUT2D eigenvalue weighted by molar-refractivity contribution is 0.0192. The third-order valence-corrected chi connectivity index (χ3v) is 5.09. The Morgan fingerprint density at radius 3 is 2.70 bits per heavy atom. The van der Waals surface area contributed by atoms with Crippen molar-refractivity contribution >= 4 is 15.9 Å². The number of rotatable bonds is 3. The van der Waals surface area contributed by atoms with E-state index in [1.54, 1.807) is 0 Å². The Kier molecular flexibility index (Phi) is 4.38. The number of aromatic nitrogens is 2. The van der Waals surface area contributed by atoms with Gasteiger partial charge in [0.15, 0.2) is 0 Å². The van der Waals surface area contributed by atoms with Crippen LogP contribution < -0.4 is 0 Å².